The van der Waals surface area contributed by atoms with Crippen molar-refractivity contribution in [1.29, 1.82) is 0 Å². The van der Waals surface area contributed by atoms with Gasteiger partial charge < -0.3 is 15.2 Å². The minimum atomic E-state index is -0.561. The number of aromatic hydroxyl groups is 1. The van der Waals surface area contributed by atoms with Crippen molar-refractivity contribution < 1.29 is 14.6 Å². The molecule has 0 aliphatic heterocycles. The van der Waals surface area contributed by atoms with Crippen LogP contribution in [0.15, 0.2) is 36.4 Å². The zero-order valence-electron chi connectivity index (χ0n) is 12.6. The van der Waals surface area contributed by atoms with Crippen LogP contribution in [-0.2, 0) is 4.79 Å². The number of fused-ring (bicyclic) bond motifs is 1. The van der Waals surface area contributed by atoms with E-state index in [4.69, 9.17) is 4.74 Å². The lowest BCUT2D eigenvalue weighted by Gasteiger charge is -2.18. The molecule has 4 heteroatoms. The molecule has 2 aromatic carbocycles. The number of phenols is 1. The lowest BCUT2D eigenvalue weighted by molar-refractivity contribution is -0.127. The van der Waals surface area contributed by atoms with E-state index in [-0.39, 0.29) is 17.7 Å². The number of carbonyl (C=O) groups excluding carboxylic acids is 1. The largest absolute Gasteiger partial charge is 0.508 e. The highest BCUT2D eigenvalue weighted by molar-refractivity contribution is 5.85. The predicted molar refractivity (Wildman–Crippen MR) is 83.6 cm³/mol. The maximum absolute atomic E-state index is 12.0. The molecule has 2 atom stereocenters. The molecule has 0 saturated heterocycles. The molecule has 2 aromatic rings. The first-order valence-electron chi connectivity index (χ1n) is 7.19. The van der Waals surface area contributed by atoms with E-state index < -0.39 is 6.10 Å². The second-order valence-electron chi connectivity index (χ2n) is 5.27. The summed E-state index contributed by atoms with van der Waals surface area (Å²) in [6.07, 6.45) is 0.321. The van der Waals surface area contributed by atoms with Crippen LogP contribution in [0.1, 0.15) is 27.2 Å². The lowest BCUT2D eigenvalue weighted by Crippen LogP contribution is -2.40. The summed E-state index contributed by atoms with van der Waals surface area (Å²) in [6, 6.07) is 10.8. The van der Waals surface area contributed by atoms with Crippen molar-refractivity contribution >= 4 is 16.7 Å². The molecule has 0 spiro atoms. The molecule has 0 aromatic heterocycles. The van der Waals surface area contributed by atoms with E-state index in [1.54, 1.807) is 19.1 Å². The number of carbonyl (C=O) groups is 1. The van der Waals surface area contributed by atoms with Crippen LogP contribution in [0, 0.1) is 0 Å². The van der Waals surface area contributed by atoms with Crippen LogP contribution in [-0.4, -0.2) is 23.2 Å². The minimum absolute atomic E-state index is 0.125. The minimum Gasteiger partial charge on any atom is -0.508 e. The van der Waals surface area contributed by atoms with Gasteiger partial charge in [-0.3, -0.25) is 4.79 Å². The van der Waals surface area contributed by atoms with Gasteiger partial charge in [-0.15, -0.1) is 0 Å². The normalized spacial score (nSPS) is 13.7. The van der Waals surface area contributed by atoms with E-state index in [0.717, 1.165) is 17.2 Å². The van der Waals surface area contributed by atoms with Crippen molar-refractivity contribution in [2.24, 2.45) is 0 Å². The third-order valence-corrected chi connectivity index (χ3v) is 3.48. The van der Waals surface area contributed by atoms with Gasteiger partial charge in [0.15, 0.2) is 6.10 Å². The highest BCUT2D eigenvalue weighted by Gasteiger charge is 2.16. The molecular formula is C17H21NO3. The molecule has 0 radical (unpaired) electrons. The molecule has 4 nitrogen and oxygen atoms in total. The Morgan fingerprint density at radius 1 is 1.19 bits per heavy atom. The van der Waals surface area contributed by atoms with Gasteiger partial charge in [0, 0.05) is 6.04 Å². The third kappa shape index (κ3) is 3.88. The van der Waals surface area contributed by atoms with Gasteiger partial charge in [-0.25, -0.2) is 0 Å². The molecule has 0 heterocycles. The van der Waals surface area contributed by atoms with Gasteiger partial charge in [0.1, 0.15) is 11.5 Å². The summed E-state index contributed by atoms with van der Waals surface area (Å²) in [5.41, 5.74) is 0. The summed E-state index contributed by atoms with van der Waals surface area (Å²) in [4.78, 5) is 12.0. The lowest BCUT2D eigenvalue weighted by atomic mass is 10.1. The van der Waals surface area contributed by atoms with Crippen molar-refractivity contribution in [2.75, 3.05) is 0 Å². The number of rotatable bonds is 5. The summed E-state index contributed by atoms with van der Waals surface area (Å²) >= 11 is 0. The Bertz CT molecular complexity index is 639. The van der Waals surface area contributed by atoms with Crippen molar-refractivity contribution in [3.8, 4) is 11.5 Å². The average molecular weight is 287 g/mol. The fourth-order valence-corrected chi connectivity index (χ4v) is 2.01. The van der Waals surface area contributed by atoms with Crippen molar-refractivity contribution in [3.63, 3.8) is 0 Å². The van der Waals surface area contributed by atoms with Gasteiger partial charge >= 0.3 is 0 Å². The Labute approximate surface area is 124 Å². The number of ether oxygens (including phenoxy) is 1. The second-order valence-corrected chi connectivity index (χ2v) is 5.27. The monoisotopic (exact) mass is 287 g/mol. The first-order chi connectivity index (χ1) is 9.99. The molecule has 2 N–H and O–H groups in total. The third-order valence-electron chi connectivity index (χ3n) is 3.48. The molecular weight excluding hydrogens is 266 g/mol. The average Bonchev–Trinajstić information content (AvgIpc) is 2.46. The maximum atomic E-state index is 12.0. The van der Waals surface area contributed by atoms with Crippen LogP contribution in [0.4, 0.5) is 0 Å². The number of benzene rings is 2. The van der Waals surface area contributed by atoms with Crippen molar-refractivity contribution in [2.45, 2.75) is 39.3 Å². The van der Waals surface area contributed by atoms with Gasteiger partial charge in [0.25, 0.3) is 5.91 Å². The van der Waals surface area contributed by atoms with Crippen LogP contribution < -0.4 is 10.1 Å². The molecule has 0 aliphatic carbocycles. The number of nitrogens with one attached hydrogen (secondary N) is 1. The van der Waals surface area contributed by atoms with Crippen molar-refractivity contribution in [3.05, 3.63) is 36.4 Å². The van der Waals surface area contributed by atoms with E-state index >= 15 is 0 Å². The molecule has 21 heavy (non-hydrogen) atoms. The molecule has 0 fully saturated rings. The standard InChI is InChI=1S/C17H21NO3/c1-4-11(2)18-17(20)12(3)21-16-8-6-13-5-7-15(19)9-14(13)10-16/h5-12,19H,4H2,1-3H3,(H,18,20). The highest BCUT2D eigenvalue weighted by Crippen LogP contribution is 2.25. The van der Waals surface area contributed by atoms with E-state index in [9.17, 15) is 9.90 Å². The Morgan fingerprint density at radius 2 is 1.90 bits per heavy atom. The topological polar surface area (TPSA) is 58.6 Å². The summed E-state index contributed by atoms with van der Waals surface area (Å²) < 4.78 is 5.68. The summed E-state index contributed by atoms with van der Waals surface area (Å²) in [5.74, 6) is 0.697. The van der Waals surface area contributed by atoms with Gasteiger partial charge in [0.2, 0.25) is 0 Å². The SMILES string of the molecule is CCC(C)NC(=O)C(C)Oc1ccc2ccc(O)cc2c1. The van der Waals surface area contributed by atoms with Crippen LogP contribution in [0.2, 0.25) is 0 Å². The summed E-state index contributed by atoms with van der Waals surface area (Å²) in [7, 11) is 0. The molecule has 112 valence electrons. The maximum Gasteiger partial charge on any atom is 0.260 e. The Balaban J connectivity index is 2.10. The predicted octanol–water partition coefficient (Wildman–Crippen LogP) is 3.23. The molecule has 2 unspecified atom stereocenters. The number of hydrogen-bond acceptors (Lipinski definition) is 3. The Morgan fingerprint density at radius 3 is 2.62 bits per heavy atom. The van der Waals surface area contributed by atoms with Crippen molar-refractivity contribution in [1.82, 2.24) is 5.32 Å². The first-order valence-corrected chi connectivity index (χ1v) is 7.19. The molecule has 0 aliphatic rings. The second kappa shape index (κ2) is 6.48. The highest BCUT2D eigenvalue weighted by atomic mass is 16.5. The van der Waals surface area contributed by atoms with Gasteiger partial charge in [-0.2, -0.15) is 0 Å². The summed E-state index contributed by atoms with van der Waals surface area (Å²) in [6.45, 7) is 5.71. The Kier molecular flexibility index (Phi) is 4.68. The zero-order chi connectivity index (χ0) is 15.4. The van der Waals surface area contributed by atoms with Gasteiger partial charge in [0.05, 0.1) is 0 Å². The molecule has 0 saturated carbocycles. The zero-order valence-corrected chi connectivity index (χ0v) is 12.6. The van der Waals surface area contributed by atoms with E-state index in [1.165, 1.54) is 0 Å². The van der Waals surface area contributed by atoms with E-state index in [1.807, 2.05) is 38.1 Å². The quantitative estimate of drug-likeness (QED) is 0.887. The Hall–Kier alpha value is -2.23. The molecule has 1 amide bonds. The van der Waals surface area contributed by atoms with Gasteiger partial charge in [-0.05, 0) is 55.3 Å². The van der Waals surface area contributed by atoms with Crippen LogP contribution >= 0.6 is 0 Å². The first kappa shape index (κ1) is 15.2. The fourth-order valence-electron chi connectivity index (χ4n) is 2.01. The number of hydrogen-bond donors (Lipinski definition) is 2. The van der Waals surface area contributed by atoms with E-state index in [2.05, 4.69) is 5.32 Å². The fraction of sp³-hybridized carbons (Fsp3) is 0.353. The van der Waals surface area contributed by atoms with E-state index in [0.29, 0.717) is 5.75 Å². The number of amides is 1. The smallest absolute Gasteiger partial charge is 0.260 e. The molecule has 2 rings (SSSR count). The van der Waals surface area contributed by atoms with Crippen LogP contribution in [0.25, 0.3) is 10.8 Å². The number of phenolic OH excluding ortho intramolecular Hbond substituents is 1. The van der Waals surface area contributed by atoms with Crippen LogP contribution in [0.3, 0.4) is 0 Å². The van der Waals surface area contributed by atoms with Crippen LogP contribution in [0.5, 0.6) is 11.5 Å². The van der Waals surface area contributed by atoms with Gasteiger partial charge in [-0.1, -0.05) is 19.1 Å². The molecule has 0 bridgehead atoms. The summed E-state index contributed by atoms with van der Waals surface area (Å²) in [5, 5.41) is 14.3.